The molecule has 0 saturated carbocycles. The highest BCUT2D eigenvalue weighted by Gasteiger charge is 2.19. The Morgan fingerprint density at radius 3 is 1.31 bits per heavy atom. The lowest BCUT2D eigenvalue weighted by molar-refractivity contribution is -0.0450. The SMILES string of the molecule is CCCCCC(OC)C(CCCCC)OC. The molecule has 98 valence electrons. The van der Waals surface area contributed by atoms with Crippen LogP contribution in [0.1, 0.15) is 65.2 Å². The van der Waals surface area contributed by atoms with E-state index in [0.29, 0.717) is 0 Å². The van der Waals surface area contributed by atoms with Crippen molar-refractivity contribution >= 4 is 0 Å². The molecular weight excluding hydrogens is 200 g/mol. The third-order valence-corrected chi connectivity index (χ3v) is 3.20. The van der Waals surface area contributed by atoms with Crippen molar-refractivity contribution in [3.05, 3.63) is 0 Å². The van der Waals surface area contributed by atoms with Gasteiger partial charge < -0.3 is 9.47 Å². The van der Waals surface area contributed by atoms with Crippen LogP contribution in [0.3, 0.4) is 0 Å². The number of ether oxygens (including phenoxy) is 2. The zero-order chi connectivity index (χ0) is 12.2. The van der Waals surface area contributed by atoms with E-state index >= 15 is 0 Å². The fourth-order valence-electron chi connectivity index (χ4n) is 2.10. The van der Waals surface area contributed by atoms with Crippen LogP contribution in [0.5, 0.6) is 0 Å². The quantitative estimate of drug-likeness (QED) is 0.496. The molecule has 2 heteroatoms. The average molecular weight is 230 g/mol. The monoisotopic (exact) mass is 230 g/mol. The van der Waals surface area contributed by atoms with Gasteiger partial charge in [0.2, 0.25) is 0 Å². The maximum Gasteiger partial charge on any atom is 0.0832 e. The molecule has 16 heavy (non-hydrogen) atoms. The molecule has 0 aromatic rings. The number of hydrogen-bond acceptors (Lipinski definition) is 2. The Hall–Kier alpha value is -0.0800. The molecule has 2 unspecified atom stereocenters. The first-order valence-corrected chi connectivity index (χ1v) is 6.85. The van der Waals surface area contributed by atoms with Crippen LogP contribution in [0.4, 0.5) is 0 Å². The zero-order valence-corrected chi connectivity index (χ0v) is 11.6. The second kappa shape index (κ2) is 11.4. The summed E-state index contributed by atoms with van der Waals surface area (Å²) in [4.78, 5) is 0. The highest BCUT2D eigenvalue weighted by Crippen LogP contribution is 2.17. The van der Waals surface area contributed by atoms with Gasteiger partial charge in [0, 0.05) is 14.2 Å². The fraction of sp³-hybridized carbons (Fsp3) is 1.00. The number of hydrogen-bond donors (Lipinski definition) is 0. The summed E-state index contributed by atoms with van der Waals surface area (Å²) in [6.07, 6.45) is 10.5. The maximum absolute atomic E-state index is 5.56. The molecule has 2 atom stereocenters. The van der Waals surface area contributed by atoms with Crippen molar-refractivity contribution in [3.8, 4) is 0 Å². The van der Waals surface area contributed by atoms with E-state index < -0.39 is 0 Å². The van der Waals surface area contributed by atoms with Gasteiger partial charge in [0.05, 0.1) is 12.2 Å². The largest absolute Gasteiger partial charge is 0.379 e. The Morgan fingerprint density at radius 2 is 1.06 bits per heavy atom. The van der Waals surface area contributed by atoms with Crippen LogP contribution in [-0.2, 0) is 9.47 Å². The van der Waals surface area contributed by atoms with Crippen LogP contribution >= 0.6 is 0 Å². The Morgan fingerprint density at radius 1 is 0.688 bits per heavy atom. The van der Waals surface area contributed by atoms with E-state index in [9.17, 15) is 0 Å². The van der Waals surface area contributed by atoms with Gasteiger partial charge in [-0.15, -0.1) is 0 Å². The Kier molecular flexibility index (Phi) is 11.3. The minimum atomic E-state index is 0.286. The van der Waals surface area contributed by atoms with E-state index in [0.717, 1.165) is 12.8 Å². The van der Waals surface area contributed by atoms with E-state index in [1.54, 1.807) is 0 Å². The smallest absolute Gasteiger partial charge is 0.0832 e. The predicted molar refractivity (Wildman–Crippen MR) is 69.9 cm³/mol. The predicted octanol–water partition coefficient (Wildman–Crippen LogP) is 4.18. The van der Waals surface area contributed by atoms with Gasteiger partial charge in [0.15, 0.2) is 0 Å². The lowest BCUT2D eigenvalue weighted by atomic mass is 10.0. The van der Waals surface area contributed by atoms with Crippen LogP contribution in [0.25, 0.3) is 0 Å². The maximum atomic E-state index is 5.56. The van der Waals surface area contributed by atoms with Gasteiger partial charge in [-0.05, 0) is 12.8 Å². The van der Waals surface area contributed by atoms with Gasteiger partial charge >= 0.3 is 0 Å². The molecule has 0 aliphatic rings. The highest BCUT2D eigenvalue weighted by atomic mass is 16.5. The molecule has 0 aliphatic carbocycles. The molecule has 0 aromatic heterocycles. The van der Waals surface area contributed by atoms with Crippen molar-refractivity contribution in [2.24, 2.45) is 0 Å². The number of methoxy groups -OCH3 is 2. The highest BCUT2D eigenvalue weighted by molar-refractivity contribution is 4.70. The van der Waals surface area contributed by atoms with E-state index in [-0.39, 0.29) is 12.2 Å². The van der Waals surface area contributed by atoms with Crippen LogP contribution < -0.4 is 0 Å². The molecule has 0 spiro atoms. The molecule has 0 rings (SSSR count). The summed E-state index contributed by atoms with van der Waals surface area (Å²) in [5.41, 5.74) is 0. The number of unbranched alkanes of at least 4 members (excludes halogenated alkanes) is 4. The Bertz CT molecular complexity index is 121. The summed E-state index contributed by atoms with van der Waals surface area (Å²) in [5.74, 6) is 0. The van der Waals surface area contributed by atoms with Crippen molar-refractivity contribution in [2.75, 3.05) is 14.2 Å². The third kappa shape index (κ3) is 7.24. The van der Waals surface area contributed by atoms with Crippen LogP contribution in [0.2, 0.25) is 0 Å². The molecule has 0 aromatic carbocycles. The van der Waals surface area contributed by atoms with Crippen molar-refractivity contribution in [1.29, 1.82) is 0 Å². The molecule has 0 radical (unpaired) electrons. The molecule has 0 bridgehead atoms. The van der Waals surface area contributed by atoms with Gasteiger partial charge in [0.25, 0.3) is 0 Å². The van der Waals surface area contributed by atoms with Crippen LogP contribution in [-0.4, -0.2) is 26.4 Å². The van der Waals surface area contributed by atoms with Crippen molar-refractivity contribution in [3.63, 3.8) is 0 Å². The molecule has 0 fully saturated rings. The molecule has 0 saturated heterocycles. The first kappa shape index (κ1) is 15.9. The van der Waals surface area contributed by atoms with Gasteiger partial charge in [0.1, 0.15) is 0 Å². The lowest BCUT2D eigenvalue weighted by Gasteiger charge is -2.25. The first-order chi connectivity index (χ1) is 7.79. The number of rotatable bonds is 11. The molecule has 0 aliphatic heterocycles. The second-order valence-electron chi connectivity index (χ2n) is 4.54. The summed E-state index contributed by atoms with van der Waals surface area (Å²) < 4.78 is 11.1. The first-order valence-electron chi connectivity index (χ1n) is 6.85. The topological polar surface area (TPSA) is 18.5 Å². The van der Waals surface area contributed by atoms with E-state index in [1.807, 2.05) is 14.2 Å². The summed E-state index contributed by atoms with van der Waals surface area (Å²) >= 11 is 0. The summed E-state index contributed by atoms with van der Waals surface area (Å²) in [6, 6.07) is 0. The minimum absolute atomic E-state index is 0.286. The molecule has 2 nitrogen and oxygen atoms in total. The van der Waals surface area contributed by atoms with Crippen molar-refractivity contribution in [1.82, 2.24) is 0 Å². The molecule has 0 amide bonds. The fourth-order valence-corrected chi connectivity index (χ4v) is 2.10. The Balaban J connectivity index is 3.85. The summed E-state index contributed by atoms with van der Waals surface area (Å²) in [6.45, 7) is 4.47. The van der Waals surface area contributed by atoms with Crippen LogP contribution in [0, 0.1) is 0 Å². The minimum Gasteiger partial charge on any atom is -0.379 e. The van der Waals surface area contributed by atoms with E-state index in [2.05, 4.69) is 13.8 Å². The molecule has 0 N–H and O–H groups in total. The third-order valence-electron chi connectivity index (χ3n) is 3.20. The van der Waals surface area contributed by atoms with Crippen molar-refractivity contribution in [2.45, 2.75) is 77.4 Å². The van der Waals surface area contributed by atoms with Gasteiger partial charge in [-0.25, -0.2) is 0 Å². The van der Waals surface area contributed by atoms with E-state index in [1.165, 1.54) is 38.5 Å². The molecular formula is C14H30O2. The van der Waals surface area contributed by atoms with E-state index in [4.69, 9.17) is 9.47 Å². The zero-order valence-electron chi connectivity index (χ0n) is 11.6. The molecule has 0 heterocycles. The van der Waals surface area contributed by atoms with Gasteiger partial charge in [-0.3, -0.25) is 0 Å². The summed E-state index contributed by atoms with van der Waals surface area (Å²) in [5, 5.41) is 0. The van der Waals surface area contributed by atoms with Gasteiger partial charge in [-0.1, -0.05) is 52.4 Å². The average Bonchev–Trinajstić information content (AvgIpc) is 2.31. The lowest BCUT2D eigenvalue weighted by Crippen LogP contribution is -2.30. The standard InChI is InChI=1S/C14H30O2/c1-5-7-9-11-13(15-3)14(16-4)12-10-8-6-2/h13-14H,5-12H2,1-4H3. The Labute approximate surface area is 102 Å². The second-order valence-corrected chi connectivity index (χ2v) is 4.54. The van der Waals surface area contributed by atoms with Gasteiger partial charge in [-0.2, -0.15) is 0 Å². The summed E-state index contributed by atoms with van der Waals surface area (Å²) in [7, 11) is 3.62. The normalized spacial score (nSPS) is 15.0. The van der Waals surface area contributed by atoms with Crippen molar-refractivity contribution < 1.29 is 9.47 Å². The van der Waals surface area contributed by atoms with Crippen LogP contribution in [0.15, 0.2) is 0 Å².